The maximum Gasteiger partial charge on any atom is 0.261 e. The molecule has 0 atom stereocenters. The van der Waals surface area contributed by atoms with Crippen LogP contribution in [0.2, 0.25) is 0 Å². The lowest BCUT2D eigenvalue weighted by atomic mass is 10.0. The first kappa shape index (κ1) is 15.5. The van der Waals surface area contributed by atoms with Crippen LogP contribution in [0.5, 0.6) is 0 Å². The molecule has 2 aromatic rings. The lowest BCUT2D eigenvalue weighted by molar-refractivity contribution is 0.0479. The number of likely N-dealkylation sites (tertiary alicyclic amines) is 1. The van der Waals surface area contributed by atoms with Crippen molar-refractivity contribution < 1.29 is 14.4 Å². The normalized spacial score (nSPS) is 17.8. The van der Waals surface area contributed by atoms with Crippen molar-refractivity contribution >= 4 is 17.7 Å². The Kier molecular flexibility index (Phi) is 3.80. The molecule has 1 aromatic carbocycles. The van der Waals surface area contributed by atoms with E-state index >= 15 is 0 Å². The molecule has 0 spiro atoms. The molecule has 3 amide bonds. The average Bonchev–Trinajstić information content (AvgIpc) is 2.93. The van der Waals surface area contributed by atoms with E-state index in [2.05, 4.69) is 4.98 Å². The standard InChI is InChI=1S/C19H17N3O3/c23-17(13-4-3-9-20-12-13)21-10-7-14(8-11-21)22-18(24)15-5-1-2-6-16(15)19(22)25/h1-6,9,12,14H,7-8,10-11H2. The molecule has 1 aromatic heterocycles. The smallest absolute Gasteiger partial charge is 0.261 e. The van der Waals surface area contributed by atoms with E-state index in [9.17, 15) is 14.4 Å². The molecule has 0 saturated carbocycles. The lowest BCUT2D eigenvalue weighted by Crippen LogP contribution is -2.48. The summed E-state index contributed by atoms with van der Waals surface area (Å²) in [4.78, 5) is 44.7. The molecule has 25 heavy (non-hydrogen) atoms. The number of pyridine rings is 1. The minimum absolute atomic E-state index is 0.0612. The van der Waals surface area contributed by atoms with E-state index in [0.29, 0.717) is 42.6 Å². The summed E-state index contributed by atoms with van der Waals surface area (Å²) >= 11 is 0. The summed E-state index contributed by atoms with van der Waals surface area (Å²) in [6.07, 6.45) is 4.37. The van der Waals surface area contributed by atoms with Crippen molar-refractivity contribution in [2.75, 3.05) is 13.1 Å². The zero-order valence-corrected chi connectivity index (χ0v) is 13.6. The third-order valence-electron chi connectivity index (χ3n) is 4.85. The molecular weight excluding hydrogens is 318 g/mol. The second-order valence-electron chi connectivity index (χ2n) is 6.29. The summed E-state index contributed by atoms with van der Waals surface area (Å²) in [5.41, 5.74) is 1.50. The number of carbonyl (C=O) groups is 3. The van der Waals surface area contributed by atoms with Gasteiger partial charge in [0.25, 0.3) is 17.7 Å². The Bertz CT molecular complexity index is 807. The number of carbonyl (C=O) groups excluding carboxylic acids is 3. The molecule has 0 aliphatic carbocycles. The van der Waals surface area contributed by atoms with E-state index in [-0.39, 0.29) is 23.8 Å². The van der Waals surface area contributed by atoms with Gasteiger partial charge in [0.15, 0.2) is 0 Å². The fourth-order valence-corrected chi connectivity index (χ4v) is 3.54. The van der Waals surface area contributed by atoms with Gasteiger partial charge >= 0.3 is 0 Å². The quantitative estimate of drug-likeness (QED) is 0.787. The minimum Gasteiger partial charge on any atom is -0.338 e. The van der Waals surface area contributed by atoms with Crippen LogP contribution in [-0.2, 0) is 0 Å². The van der Waals surface area contributed by atoms with E-state index in [4.69, 9.17) is 0 Å². The van der Waals surface area contributed by atoms with Crippen molar-refractivity contribution in [1.29, 1.82) is 0 Å². The van der Waals surface area contributed by atoms with Crippen molar-refractivity contribution in [3.63, 3.8) is 0 Å². The highest BCUT2D eigenvalue weighted by Gasteiger charge is 2.41. The van der Waals surface area contributed by atoms with E-state index < -0.39 is 0 Å². The number of benzene rings is 1. The molecule has 6 nitrogen and oxygen atoms in total. The maximum absolute atomic E-state index is 12.6. The number of amides is 3. The monoisotopic (exact) mass is 335 g/mol. The van der Waals surface area contributed by atoms with Crippen LogP contribution in [0, 0.1) is 0 Å². The first-order valence-corrected chi connectivity index (χ1v) is 8.33. The SMILES string of the molecule is O=C(c1cccnc1)N1CCC(N2C(=O)c3ccccc3C2=O)CC1. The van der Waals surface area contributed by atoms with Crippen LogP contribution in [0.1, 0.15) is 43.9 Å². The number of aromatic nitrogens is 1. The van der Waals surface area contributed by atoms with E-state index in [1.165, 1.54) is 4.90 Å². The molecule has 0 unspecified atom stereocenters. The maximum atomic E-state index is 12.6. The number of hydrogen-bond donors (Lipinski definition) is 0. The number of hydrogen-bond acceptors (Lipinski definition) is 4. The summed E-state index contributed by atoms with van der Waals surface area (Å²) in [6, 6.07) is 10.2. The van der Waals surface area contributed by atoms with Gasteiger partial charge in [-0.2, -0.15) is 0 Å². The molecule has 3 heterocycles. The van der Waals surface area contributed by atoms with Gasteiger partial charge in [-0.25, -0.2) is 0 Å². The summed E-state index contributed by atoms with van der Waals surface area (Å²) in [7, 11) is 0. The van der Waals surface area contributed by atoms with Crippen LogP contribution in [-0.4, -0.2) is 51.6 Å². The molecule has 6 heteroatoms. The Balaban J connectivity index is 1.46. The summed E-state index contributed by atoms with van der Waals surface area (Å²) in [5.74, 6) is -0.510. The van der Waals surface area contributed by atoms with Crippen LogP contribution < -0.4 is 0 Å². The summed E-state index contributed by atoms with van der Waals surface area (Å²) in [6.45, 7) is 1.04. The first-order valence-electron chi connectivity index (χ1n) is 8.33. The Labute approximate surface area is 145 Å². The second-order valence-corrected chi connectivity index (χ2v) is 6.29. The van der Waals surface area contributed by atoms with Gasteiger partial charge in [-0.05, 0) is 37.1 Å². The molecule has 2 aliphatic heterocycles. The van der Waals surface area contributed by atoms with Crippen molar-refractivity contribution in [2.24, 2.45) is 0 Å². The number of piperidine rings is 1. The molecule has 1 saturated heterocycles. The van der Waals surface area contributed by atoms with Crippen molar-refractivity contribution in [2.45, 2.75) is 18.9 Å². The lowest BCUT2D eigenvalue weighted by Gasteiger charge is -2.35. The van der Waals surface area contributed by atoms with E-state index in [0.717, 1.165) is 0 Å². The number of nitrogens with zero attached hydrogens (tertiary/aromatic N) is 3. The van der Waals surface area contributed by atoms with Crippen molar-refractivity contribution in [3.05, 3.63) is 65.5 Å². The molecule has 0 radical (unpaired) electrons. The first-order chi connectivity index (χ1) is 12.2. The average molecular weight is 335 g/mol. The van der Waals surface area contributed by atoms with Gasteiger partial charge in [-0.15, -0.1) is 0 Å². The molecule has 2 aliphatic rings. The fourth-order valence-electron chi connectivity index (χ4n) is 3.54. The zero-order valence-electron chi connectivity index (χ0n) is 13.6. The van der Waals surface area contributed by atoms with Gasteiger partial charge in [-0.1, -0.05) is 12.1 Å². The van der Waals surface area contributed by atoms with Crippen molar-refractivity contribution in [1.82, 2.24) is 14.8 Å². The minimum atomic E-state index is -0.224. The third kappa shape index (κ3) is 2.59. The van der Waals surface area contributed by atoms with Crippen LogP contribution in [0.3, 0.4) is 0 Å². The predicted molar refractivity (Wildman–Crippen MR) is 90.1 cm³/mol. The van der Waals surface area contributed by atoms with Crippen LogP contribution in [0.15, 0.2) is 48.8 Å². The highest BCUT2D eigenvalue weighted by molar-refractivity contribution is 6.21. The molecule has 0 N–H and O–H groups in total. The Morgan fingerprint density at radius 2 is 1.60 bits per heavy atom. The van der Waals surface area contributed by atoms with E-state index in [1.54, 1.807) is 53.7 Å². The van der Waals surface area contributed by atoms with Gasteiger partial charge in [0.2, 0.25) is 0 Å². The van der Waals surface area contributed by atoms with Gasteiger partial charge in [0.05, 0.1) is 16.7 Å². The fraction of sp³-hybridized carbons (Fsp3) is 0.263. The van der Waals surface area contributed by atoms with Crippen molar-refractivity contribution in [3.8, 4) is 0 Å². The van der Waals surface area contributed by atoms with Gasteiger partial charge < -0.3 is 4.90 Å². The topological polar surface area (TPSA) is 70.6 Å². The largest absolute Gasteiger partial charge is 0.338 e. The third-order valence-corrected chi connectivity index (χ3v) is 4.85. The van der Waals surface area contributed by atoms with Gasteiger partial charge in [0, 0.05) is 31.5 Å². The van der Waals surface area contributed by atoms with Crippen LogP contribution in [0.25, 0.3) is 0 Å². The van der Waals surface area contributed by atoms with E-state index in [1.807, 2.05) is 0 Å². The highest BCUT2D eigenvalue weighted by atomic mass is 16.2. The second kappa shape index (κ2) is 6.12. The highest BCUT2D eigenvalue weighted by Crippen LogP contribution is 2.28. The molecule has 0 bridgehead atoms. The molecule has 1 fully saturated rings. The van der Waals surface area contributed by atoms with Crippen LogP contribution in [0.4, 0.5) is 0 Å². The molecule has 126 valence electrons. The predicted octanol–water partition coefficient (Wildman–Crippen LogP) is 1.98. The molecule has 4 rings (SSSR count). The van der Waals surface area contributed by atoms with Gasteiger partial charge in [0.1, 0.15) is 0 Å². The molecular formula is C19H17N3O3. The number of rotatable bonds is 2. The number of fused-ring (bicyclic) bond motifs is 1. The van der Waals surface area contributed by atoms with Gasteiger partial charge in [-0.3, -0.25) is 24.3 Å². The Morgan fingerprint density at radius 1 is 0.960 bits per heavy atom. The number of imide groups is 1. The zero-order chi connectivity index (χ0) is 17.4. The summed E-state index contributed by atoms with van der Waals surface area (Å²) < 4.78 is 0. The summed E-state index contributed by atoms with van der Waals surface area (Å²) in [5, 5.41) is 0. The van der Waals surface area contributed by atoms with Crippen LogP contribution >= 0.6 is 0 Å². The Hall–Kier alpha value is -3.02. The Morgan fingerprint density at radius 3 is 2.16 bits per heavy atom.